The number of halogens is 1. The van der Waals surface area contributed by atoms with Crippen LogP contribution < -0.4 is 21.7 Å². The van der Waals surface area contributed by atoms with Crippen LogP contribution in [-0.2, 0) is 21.4 Å². The number of hydrogen-bond acceptors (Lipinski definition) is 8. The van der Waals surface area contributed by atoms with Crippen LogP contribution in [0.5, 0.6) is 5.75 Å². The second-order valence-electron chi connectivity index (χ2n) is 11.2. The maximum Gasteiger partial charge on any atom is 0.402 e. The lowest BCUT2D eigenvalue weighted by Crippen LogP contribution is -3.00. The Morgan fingerprint density at radius 1 is 1.00 bits per heavy atom. The van der Waals surface area contributed by atoms with Gasteiger partial charge in [0.1, 0.15) is 17.0 Å². The maximum atomic E-state index is 13.1. The second-order valence-corrected chi connectivity index (χ2v) is 13.5. The minimum Gasteiger partial charge on any atom is -1.00 e. The number of aromatic nitrogens is 5. The number of hydrogen-bond donors (Lipinski definition) is 2. The number of aromatic amines is 2. The van der Waals surface area contributed by atoms with Crippen molar-refractivity contribution in [2.24, 2.45) is 0 Å². The van der Waals surface area contributed by atoms with Crippen molar-refractivity contribution in [2.75, 3.05) is 7.11 Å². The van der Waals surface area contributed by atoms with Crippen molar-refractivity contribution < 1.29 is 31.4 Å². The van der Waals surface area contributed by atoms with Gasteiger partial charge in [0, 0.05) is 34.6 Å². The number of fused-ring (bicyclic) bond motifs is 3. The average Bonchev–Trinajstić information content (AvgIpc) is 3.58. The molecule has 13 heteroatoms. The fourth-order valence-corrected chi connectivity index (χ4v) is 7.77. The predicted molar refractivity (Wildman–Crippen MR) is 160 cm³/mol. The van der Waals surface area contributed by atoms with E-state index in [4.69, 9.17) is 9.72 Å². The molecule has 0 radical (unpaired) electrons. The monoisotopic (exact) mass is 624 g/mol. The molecule has 0 unspecified atom stereocenters. The van der Waals surface area contributed by atoms with Crippen molar-refractivity contribution in [1.82, 2.24) is 19.9 Å². The van der Waals surface area contributed by atoms with E-state index in [1.165, 1.54) is 22.9 Å². The van der Waals surface area contributed by atoms with Gasteiger partial charge in [-0.15, -0.1) is 0 Å². The summed E-state index contributed by atoms with van der Waals surface area (Å²) in [5.74, 6) is 2.27. The van der Waals surface area contributed by atoms with E-state index in [1.807, 2.05) is 57.5 Å². The molecule has 10 nitrogen and oxygen atoms in total. The summed E-state index contributed by atoms with van der Waals surface area (Å²) in [6.45, 7) is 9.97. The number of non-ortho nitro benzene ring substituents is 1. The van der Waals surface area contributed by atoms with Gasteiger partial charge in [0.15, 0.2) is 16.5 Å². The van der Waals surface area contributed by atoms with Crippen LogP contribution >= 0.6 is 21.6 Å². The number of nitro groups is 1. The van der Waals surface area contributed by atoms with E-state index in [-0.39, 0.29) is 23.9 Å². The molecule has 1 aliphatic rings. The number of ether oxygens (including phenoxy) is 1. The first kappa shape index (κ1) is 29.9. The zero-order valence-corrected chi connectivity index (χ0v) is 26.3. The first-order valence-corrected chi connectivity index (χ1v) is 15.4. The number of H-pyrrole nitrogens is 2. The lowest BCUT2D eigenvalue weighted by molar-refractivity contribution is -0.610. The van der Waals surface area contributed by atoms with E-state index in [0.717, 1.165) is 39.2 Å². The van der Waals surface area contributed by atoms with Crippen LogP contribution in [0.25, 0.3) is 28.0 Å². The third-order valence-corrected chi connectivity index (χ3v) is 10.0. The van der Waals surface area contributed by atoms with Crippen LogP contribution in [0.4, 0.5) is 5.69 Å². The molecular formula is C29H29ClN6O4S2. The molecule has 1 aliphatic carbocycles. The summed E-state index contributed by atoms with van der Waals surface area (Å²) in [4.78, 5) is 40.0. The summed E-state index contributed by atoms with van der Waals surface area (Å²) >= 11 is 0. The molecule has 2 aromatic carbocycles. The standard InChI is InChI=1S/C29H29N6O4S2.ClH/c1-15-23(14-40-41-27-32-19-8-7-16(35(37)38)11-20(19)33-27)34(10-9-24(15)39-6)26-30-21-12-17-18(13-22(21)31-26)29(4,5)25(36)28(17,2)3;/h7-13H,14H2,1-6H3,(H,30,31)(H,32,33);1H/q+1;/p-1. The zero-order valence-electron chi connectivity index (χ0n) is 23.9. The number of carbonyl (C=O) groups excluding carboxylic acids is 1. The first-order valence-electron chi connectivity index (χ1n) is 13.0. The van der Waals surface area contributed by atoms with Gasteiger partial charge in [-0.3, -0.25) is 14.9 Å². The topological polar surface area (TPSA) is 131 Å². The summed E-state index contributed by atoms with van der Waals surface area (Å²) in [6.07, 6.45) is 1.94. The lowest BCUT2D eigenvalue weighted by atomic mass is 9.80. The second kappa shape index (κ2) is 10.6. The van der Waals surface area contributed by atoms with Crippen molar-refractivity contribution in [3.8, 4) is 11.7 Å². The summed E-state index contributed by atoms with van der Waals surface area (Å²) in [5.41, 5.74) is 5.91. The summed E-state index contributed by atoms with van der Waals surface area (Å²) in [7, 11) is 4.70. The SMILES string of the molecule is COc1cc[n+](-c2nc3cc4c(cc3[nH]2)C(C)(C)C(=O)C4(C)C)c(CSSc2nc3ccc([N+](=O)[O-])cc3[nH]2)c1C.[Cl-]. The average molecular weight is 625 g/mol. The number of benzene rings is 2. The number of ketones is 1. The molecule has 5 aromatic rings. The first-order chi connectivity index (χ1) is 19.4. The molecule has 0 bridgehead atoms. The van der Waals surface area contributed by atoms with Crippen LogP contribution in [0.3, 0.4) is 0 Å². The number of rotatable bonds is 7. The Balaban J connectivity index is 0.00000353. The van der Waals surface area contributed by atoms with Gasteiger partial charge in [-0.1, -0.05) is 15.8 Å². The third-order valence-electron chi connectivity index (χ3n) is 8.00. The number of pyridine rings is 1. The van der Waals surface area contributed by atoms with Crippen LogP contribution in [-0.4, -0.2) is 37.8 Å². The molecule has 0 saturated carbocycles. The zero-order chi connectivity index (χ0) is 29.3. The Morgan fingerprint density at radius 2 is 1.69 bits per heavy atom. The summed E-state index contributed by atoms with van der Waals surface area (Å²) in [6, 6.07) is 10.6. The van der Waals surface area contributed by atoms with Gasteiger partial charge in [-0.25, -0.2) is 14.5 Å². The Labute approximate surface area is 256 Å². The van der Waals surface area contributed by atoms with Gasteiger partial charge in [-0.05, 0) is 74.7 Å². The number of methoxy groups -OCH3 is 1. The fraction of sp³-hybridized carbons (Fsp3) is 0.310. The molecule has 0 fully saturated rings. The Bertz CT molecular complexity index is 1840. The number of nitrogens with zero attached hydrogens (tertiary/aromatic N) is 4. The lowest BCUT2D eigenvalue weighted by Gasteiger charge is -2.21. The van der Waals surface area contributed by atoms with Crippen molar-refractivity contribution in [1.29, 1.82) is 0 Å². The molecule has 42 heavy (non-hydrogen) atoms. The molecular weight excluding hydrogens is 596 g/mol. The van der Waals surface area contributed by atoms with Crippen LogP contribution in [0.2, 0.25) is 0 Å². The van der Waals surface area contributed by atoms with Crippen molar-refractivity contribution in [3.63, 3.8) is 0 Å². The highest BCUT2D eigenvalue weighted by atomic mass is 35.5. The van der Waals surface area contributed by atoms with Crippen LogP contribution in [0.1, 0.15) is 50.1 Å². The van der Waals surface area contributed by atoms with E-state index in [9.17, 15) is 14.9 Å². The van der Waals surface area contributed by atoms with Crippen molar-refractivity contribution in [3.05, 3.63) is 75.1 Å². The van der Waals surface area contributed by atoms with Gasteiger partial charge in [0.05, 0.1) is 35.0 Å². The molecule has 218 valence electrons. The Kier molecular flexibility index (Phi) is 7.53. The quantitative estimate of drug-likeness (QED) is 0.122. The van der Waals surface area contributed by atoms with Gasteiger partial charge >= 0.3 is 5.95 Å². The normalized spacial score (nSPS) is 15.1. The predicted octanol–water partition coefficient (Wildman–Crippen LogP) is 3.02. The minimum absolute atomic E-state index is 0. The summed E-state index contributed by atoms with van der Waals surface area (Å²) in [5, 5.41) is 11.8. The Hall–Kier alpha value is -3.61. The smallest absolute Gasteiger partial charge is 0.402 e. The van der Waals surface area contributed by atoms with Gasteiger partial charge in [0.2, 0.25) is 0 Å². The minimum atomic E-state index is -0.573. The van der Waals surface area contributed by atoms with Gasteiger partial charge < -0.3 is 22.1 Å². The Morgan fingerprint density at radius 3 is 2.38 bits per heavy atom. The fourth-order valence-electron chi connectivity index (χ4n) is 5.76. The third kappa shape index (κ3) is 4.71. The maximum absolute atomic E-state index is 13.1. The number of nitro benzene ring substituents is 1. The summed E-state index contributed by atoms with van der Waals surface area (Å²) < 4.78 is 7.64. The highest BCUT2D eigenvalue weighted by molar-refractivity contribution is 8.76. The number of imidazole rings is 2. The number of carbonyl (C=O) groups is 1. The van der Waals surface area contributed by atoms with E-state index >= 15 is 0 Å². The molecule has 0 aliphatic heterocycles. The molecule has 6 rings (SSSR count). The van der Waals surface area contributed by atoms with Crippen LogP contribution in [0, 0.1) is 17.0 Å². The van der Waals surface area contributed by atoms with Crippen molar-refractivity contribution >= 4 is 55.1 Å². The molecule has 2 N–H and O–H groups in total. The molecule has 0 spiro atoms. The van der Waals surface area contributed by atoms with Crippen LogP contribution in [0.15, 0.2) is 47.8 Å². The van der Waals surface area contributed by atoms with E-state index in [2.05, 4.69) is 21.0 Å². The van der Waals surface area contributed by atoms with Gasteiger partial charge in [0.25, 0.3) is 5.69 Å². The van der Waals surface area contributed by atoms with E-state index < -0.39 is 15.8 Å². The molecule has 3 aromatic heterocycles. The largest absolute Gasteiger partial charge is 1.00 e. The molecule has 0 saturated heterocycles. The van der Waals surface area contributed by atoms with Gasteiger partial charge in [-0.2, -0.15) is 0 Å². The molecule has 0 amide bonds. The number of nitrogens with one attached hydrogen (secondary N) is 2. The molecule has 3 heterocycles. The highest BCUT2D eigenvalue weighted by Crippen LogP contribution is 2.47. The highest BCUT2D eigenvalue weighted by Gasteiger charge is 2.50. The molecule has 0 atom stereocenters. The van der Waals surface area contributed by atoms with E-state index in [1.54, 1.807) is 24.0 Å². The van der Waals surface area contributed by atoms with Crippen molar-refractivity contribution in [2.45, 2.75) is 56.4 Å². The number of Topliss-reactive ketones (excluding diaryl/α,β-unsaturated/α-hetero) is 1. The van der Waals surface area contributed by atoms with E-state index in [0.29, 0.717) is 27.9 Å².